The van der Waals surface area contributed by atoms with Crippen molar-refractivity contribution in [3.05, 3.63) is 66.6 Å². The molecule has 6 nitrogen and oxygen atoms in total. The smallest absolute Gasteiger partial charge is 0.242 e. The molecule has 3 heterocycles. The molecule has 0 radical (unpaired) electrons. The largest absolute Gasteiger partial charge is 0.297 e. The van der Waals surface area contributed by atoms with Crippen molar-refractivity contribution in [2.24, 2.45) is 5.92 Å². The number of pyridine rings is 2. The maximum absolute atomic E-state index is 12.9. The molecular weight excluding hydrogens is 372 g/mol. The van der Waals surface area contributed by atoms with Gasteiger partial charge in [-0.15, -0.1) is 0 Å². The first-order chi connectivity index (χ1) is 13.6. The van der Waals surface area contributed by atoms with Crippen LogP contribution in [0.15, 0.2) is 65.8 Å². The molecule has 28 heavy (non-hydrogen) atoms. The summed E-state index contributed by atoms with van der Waals surface area (Å²) in [6.07, 6.45) is 5.52. The molecule has 1 aliphatic heterocycles. The van der Waals surface area contributed by atoms with E-state index < -0.39 is 10.0 Å². The Morgan fingerprint density at radius 1 is 1.04 bits per heavy atom. The summed E-state index contributed by atoms with van der Waals surface area (Å²) in [6.45, 7) is 3.13. The number of sulfonamides is 1. The Labute approximate surface area is 165 Å². The van der Waals surface area contributed by atoms with E-state index in [1.54, 1.807) is 18.3 Å². The number of hydrogen-bond acceptors (Lipinski definition) is 5. The lowest BCUT2D eigenvalue weighted by Crippen LogP contribution is -2.40. The average Bonchev–Trinajstić information content (AvgIpc) is 2.73. The summed E-state index contributed by atoms with van der Waals surface area (Å²) in [4.78, 5) is 11.3. The van der Waals surface area contributed by atoms with Crippen LogP contribution in [0, 0.1) is 5.92 Å². The van der Waals surface area contributed by atoms with Crippen LogP contribution in [0.3, 0.4) is 0 Å². The Hall–Kier alpha value is -2.35. The van der Waals surface area contributed by atoms with Gasteiger partial charge in [-0.1, -0.05) is 24.3 Å². The van der Waals surface area contributed by atoms with E-state index in [1.807, 2.05) is 42.6 Å². The molecule has 7 heteroatoms. The second-order valence-corrected chi connectivity index (χ2v) is 8.98. The van der Waals surface area contributed by atoms with E-state index in [4.69, 9.17) is 0 Å². The summed E-state index contributed by atoms with van der Waals surface area (Å²) in [5, 5.41) is 0.824. The topological polar surface area (TPSA) is 75.2 Å². The predicted molar refractivity (Wildman–Crippen MR) is 109 cm³/mol. The van der Waals surface area contributed by atoms with Crippen LogP contribution in [0.2, 0.25) is 0 Å². The number of benzene rings is 1. The highest BCUT2D eigenvalue weighted by Gasteiger charge is 2.24. The number of rotatable bonds is 6. The lowest BCUT2D eigenvalue weighted by Gasteiger charge is -2.32. The van der Waals surface area contributed by atoms with Crippen molar-refractivity contribution in [3.8, 4) is 0 Å². The molecule has 1 saturated heterocycles. The van der Waals surface area contributed by atoms with Crippen LogP contribution in [-0.4, -0.2) is 42.9 Å². The summed E-state index contributed by atoms with van der Waals surface area (Å²) < 4.78 is 28.6. The van der Waals surface area contributed by atoms with E-state index in [9.17, 15) is 8.42 Å². The van der Waals surface area contributed by atoms with Crippen molar-refractivity contribution in [2.75, 3.05) is 19.6 Å². The summed E-state index contributed by atoms with van der Waals surface area (Å²) in [5.41, 5.74) is 1.56. The van der Waals surface area contributed by atoms with E-state index in [2.05, 4.69) is 19.6 Å². The molecule has 1 N–H and O–H groups in total. The molecular formula is C21H24N4O2S. The SMILES string of the molecule is O=S(=O)(NC[C@H]1CCCN(Cc2ccccn2)C1)c1cccc2cccnc12. The van der Waals surface area contributed by atoms with Gasteiger partial charge in [0.15, 0.2) is 0 Å². The van der Waals surface area contributed by atoms with Gasteiger partial charge >= 0.3 is 0 Å². The summed E-state index contributed by atoms with van der Waals surface area (Å²) in [6, 6.07) is 14.9. The Kier molecular flexibility index (Phi) is 5.66. The number of aromatic nitrogens is 2. The fourth-order valence-electron chi connectivity index (χ4n) is 3.78. The average molecular weight is 397 g/mol. The first-order valence-electron chi connectivity index (χ1n) is 9.57. The summed E-state index contributed by atoms with van der Waals surface area (Å²) in [5.74, 6) is 0.287. The molecule has 0 unspecified atom stereocenters. The zero-order valence-electron chi connectivity index (χ0n) is 15.7. The summed E-state index contributed by atoms with van der Waals surface area (Å²) >= 11 is 0. The van der Waals surface area contributed by atoms with Crippen molar-refractivity contribution in [3.63, 3.8) is 0 Å². The molecule has 0 saturated carbocycles. The molecule has 4 rings (SSSR count). The fourth-order valence-corrected chi connectivity index (χ4v) is 5.07. The normalized spacial score (nSPS) is 18.4. The van der Waals surface area contributed by atoms with Gasteiger partial charge in [0.05, 0.1) is 11.2 Å². The molecule has 1 atom stereocenters. The minimum Gasteiger partial charge on any atom is -0.297 e. The molecule has 0 bridgehead atoms. The third-order valence-corrected chi connectivity index (χ3v) is 6.62. The van der Waals surface area contributed by atoms with Crippen molar-refractivity contribution >= 4 is 20.9 Å². The van der Waals surface area contributed by atoms with E-state index in [-0.39, 0.29) is 10.8 Å². The molecule has 0 spiro atoms. The number of fused-ring (bicyclic) bond motifs is 1. The lowest BCUT2D eigenvalue weighted by atomic mass is 9.98. The second kappa shape index (κ2) is 8.34. The van der Waals surface area contributed by atoms with Crippen LogP contribution in [-0.2, 0) is 16.6 Å². The van der Waals surface area contributed by atoms with Crippen LogP contribution in [0.25, 0.3) is 10.9 Å². The van der Waals surface area contributed by atoms with Gasteiger partial charge in [-0.3, -0.25) is 14.9 Å². The fraction of sp³-hybridized carbons (Fsp3) is 0.333. The van der Waals surface area contributed by atoms with Crippen molar-refractivity contribution < 1.29 is 8.42 Å². The highest BCUT2D eigenvalue weighted by atomic mass is 32.2. The number of nitrogens with one attached hydrogen (secondary N) is 1. The Morgan fingerprint density at radius 3 is 2.75 bits per heavy atom. The van der Waals surface area contributed by atoms with Crippen LogP contribution in [0.5, 0.6) is 0 Å². The molecule has 3 aromatic rings. The van der Waals surface area contributed by atoms with Crippen LogP contribution >= 0.6 is 0 Å². The van der Waals surface area contributed by atoms with Crippen molar-refractivity contribution in [2.45, 2.75) is 24.3 Å². The maximum Gasteiger partial charge on any atom is 0.242 e. The third-order valence-electron chi connectivity index (χ3n) is 5.16. The Balaban J connectivity index is 1.41. The van der Waals surface area contributed by atoms with Gasteiger partial charge in [0.2, 0.25) is 10.0 Å². The Bertz CT molecular complexity index is 1040. The second-order valence-electron chi connectivity index (χ2n) is 7.25. The van der Waals surface area contributed by atoms with Gasteiger partial charge < -0.3 is 0 Å². The van der Waals surface area contributed by atoms with Crippen LogP contribution in [0.4, 0.5) is 0 Å². The minimum absolute atomic E-state index is 0.242. The van der Waals surface area contributed by atoms with E-state index in [0.717, 1.165) is 43.6 Å². The molecule has 1 aromatic carbocycles. The van der Waals surface area contributed by atoms with Gasteiger partial charge in [0, 0.05) is 37.4 Å². The molecule has 1 fully saturated rings. The van der Waals surface area contributed by atoms with Gasteiger partial charge in [-0.2, -0.15) is 0 Å². The molecule has 0 amide bonds. The maximum atomic E-state index is 12.9. The zero-order chi connectivity index (χ0) is 19.4. The van der Waals surface area contributed by atoms with Crippen molar-refractivity contribution in [1.29, 1.82) is 0 Å². The third kappa shape index (κ3) is 4.38. The van der Waals surface area contributed by atoms with Gasteiger partial charge in [0.1, 0.15) is 4.90 Å². The predicted octanol–water partition coefficient (Wildman–Crippen LogP) is 2.82. The number of piperidine rings is 1. The van der Waals surface area contributed by atoms with Gasteiger partial charge in [-0.05, 0) is 49.6 Å². The zero-order valence-corrected chi connectivity index (χ0v) is 16.5. The summed E-state index contributed by atoms with van der Waals surface area (Å²) in [7, 11) is -3.61. The number of para-hydroxylation sites is 1. The number of likely N-dealkylation sites (tertiary alicyclic amines) is 1. The van der Waals surface area contributed by atoms with Crippen LogP contribution < -0.4 is 4.72 Å². The molecule has 1 aliphatic rings. The van der Waals surface area contributed by atoms with Gasteiger partial charge in [0.25, 0.3) is 0 Å². The van der Waals surface area contributed by atoms with E-state index in [0.29, 0.717) is 12.1 Å². The number of nitrogens with zero attached hydrogens (tertiary/aromatic N) is 3. The molecule has 2 aromatic heterocycles. The van der Waals surface area contributed by atoms with E-state index >= 15 is 0 Å². The minimum atomic E-state index is -3.61. The number of hydrogen-bond donors (Lipinski definition) is 1. The highest BCUT2D eigenvalue weighted by molar-refractivity contribution is 7.89. The standard InChI is InChI=1S/C21H24N4O2S/c26-28(27,20-10-3-7-18-8-4-12-23-21(18)20)24-14-17-6-5-13-25(15-17)16-19-9-1-2-11-22-19/h1-4,7-12,17,24H,5-6,13-16H2/t17-/m1/s1. The molecule has 0 aliphatic carbocycles. The van der Waals surface area contributed by atoms with Crippen molar-refractivity contribution in [1.82, 2.24) is 19.6 Å². The highest BCUT2D eigenvalue weighted by Crippen LogP contribution is 2.22. The lowest BCUT2D eigenvalue weighted by molar-refractivity contribution is 0.167. The molecule has 146 valence electrons. The van der Waals surface area contributed by atoms with Crippen LogP contribution in [0.1, 0.15) is 18.5 Å². The first-order valence-corrected chi connectivity index (χ1v) is 11.1. The van der Waals surface area contributed by atoms with E-state index in [1.165, 1.54) is 0 Å². The van der Waals surface area contributed by atoms with Gasteiger partial charge in [-0.25, -0.2) is 13.1 Å². The monoisotopic (exact) mass is 396 g/mol. The first kappa shape index (κ1) is 19.0. The quantitative estimate of drug-likeness (QED) is 0.693. The Morgan fingerprint density at radius 2 is 1.89 bits per heavy atom.